The lowest BCUT2D eigenvalue weighted by Gasteiger charge is -2.35. The number of aromatic nitrogens is 1. The largest absolute Gasteiger partial charge is 0.398 e. The third-order valence-corrected chi connectivity index (χ3v) is 3.95. The highest BCUT2D eigenvalue weighted by atomic mass is 16.3. The van der Waals surface area contributed by atoms with Gasteiger partial charge in [0.2, 0.25) is 0 Å². The van der Waals surface area contributed by atoms with Gasteiger partial charge in [0.05, 0.1) is 5.60 Å². The van der Waals surface area contributed by atoms with E-state index in [4.69, 9.17) is 5.73 Å². The fourth-order valence-corrected chi connectivity index (χ4v) is 2.37. The molecule has 1 aromatic heterocycles. The number of aryl methyl sites for hydroxylation is 1. The minimum atomic E-state index is -0.589. The van der Waals surface area contributed by atoms with Crippen LogP contribution in [0.4, 0.5) is 11.5 Å². The maximum Gasteiger partial charge on any atom is 0.128 e. The Morgan fingerprint density at radius 2 is 2.17 bits per heavy atom. The summed E-state index contributed by atoms with van der Waals surface area (Å²) in [5, 5.41) is 13.6. The lowest BCUT2D eigenvalue weighted by molar-refractivity contribution is 0.00495. The van der Waals surface area contributed by atoms with Crippen LogP contribution < -0.4 is 11.1 Å². The van der Waals surface area contributed by atoms with E-state index in [1.54, 1.807) is 6.20 Å². The molecule has 18 heavy (non-hydrogen) atoms. The van der Waals surface area contributed by atoms with Gasteiger partial charge in [-0.05, 0) is 44.1 Å². The van der Waals surface area contributed by atoms with Crippen molar-refractivity contribution in [2.75, 3.05) is 17.6 Å². The molecule has 1 aliphatic rings. The maximum atomic E-state index is 10.5. The van der Waals surface area contributed by atoms with Crippen LogP contribution in [0.2, 0.25) is 0 Å². The summed E-state index contributed by atoms with van der Waals surface area (Å²) in [7, 11) is 0. The van der Waals surface area contributed by atoms with Gasteiger partial charge in [0.25, 0.3) is 0 Å². The smallest absolute Gasteiger partial charge is 0.128 e. The Hall–Kier alpha value is -1.29. The molecule has 0 aliphatic heterocycles. The average Bonchev–Trinajstić information content (AvgIpc) is 2.35. The van der Waals surface area contributed by atoms with Gasteiger partial charge in [-0.25, -0.2) is 4.98 Å². The van der Waals surface area contributed by atoms with Gasteiger partial charge in [0.15, 0.2) is 0 Å². The van der Waals surface area contributed by atoms with Gasteiger partial charge in [-0.1, -0.05) is 6.92 Å². The molecule has 100 valence electrons. The number of nitrogens with two attached hydrogens (primary N) is 1. The molecular weight excluding hydrogens is 226 g/mol. The van der Waals surface area contributed by atoms with Crippen molar-refractivity contribution < 1.29 is 5.11 Å². The number of anilines is 2. The van der Waals surface area contributed by atoms with E-state index in [2.05, 4.69) is 17.2 Å². The van der Waals surface area contributed by atoms with Crippen LogP contribution in [-0.2, 0) is 0 Å². The van der Waals surface area contributed by atoms with Crippen molar-refractivity contribution in [2.24, 2.45) is 5.92 Å². The summed E-state index contributed by atoms with van der Waals surface area (Å²) >= 11 is 0. The van der Waals surface area contributed by atoms with E-state index in [9.17, 15) is 5.11 Å². The molecule has 0 aromatic carbocycles. The quantitative estimate of drug-likeness (QED) is 0.769. The second kappa shape index (κ2) is 5.14. The first kappa shape index (κ1) is 13.1. The standard InChI is InChI=1S/C14H23N3O/c1-10-3-5-14(18,6-4-10)9-17-13-7-12(15)11(2)8-16-13/h7-8,10,18H,3-6,9H2,1-2H3,(H3,15,16,17). The zero-order valence-corrected chi connectivity index (χ0v) is 11.2. The molecule has 0 saturated heterocycles. The van der Waals surface area contributed by atoms with E-state index >= 15 is 0 Å². The van der Waals surface area contributed by atoms with E-state index in [-0.39, 0.29) is 0 Å². The molecule has 4 nitrogen and oxygen atoms in total. The summed E-state index contributed by atoms with van der Waals surface area (Å²) in [5.41, 5.74) is 6.96. The fourth-order valence-electron chi connectivity index (χ4n) is 2.37. The van der Waals surface area contributed by atoms with E-state index in [0.717, 1.165) is 48.7 Å². The van der Waals surface area contributed by atoms with Crippen LogP contribution in [0.1, 0.15) is 38.2 Å². The molecule has 0 unspecified atom stereocenters. The number of nitrogens with one attached hydrogen (secondary N) is 1. The third-order valence-electron chi connectivity index (χ3n) is 3.95. The van der Waals surface area contributed by atoms with Crippen molar-refractivity contribution in [3.05, 3.63) is 17.8 Å². The summed E-state index contributed by atoms with van der Waals surface area (Å²) in [6.07, 6.45) is 5.68. The number of hydrogen-bond acceptors (Lipinski definition) is 4. The molecule has 1 heterocycles. The lowest BCUT2D eigenvalue weighted by Crippen LogP contribution is -2.40. The number of pyridine rings is 1. The first-order valence-electron chi connectivity index (χ1n) is 6.67. The predicted octanol–water partition coefficient (Wildman–Crippen LogP) is 2.33. The van der Waals surface area contributed by atoms with E-state index in [0.29, 0.717) is 6.54 Å². The molecule has 0 radical (unpaired) electrons. The third kappa shape index (κ3) is 3.13. The molecule has 1 aromatic rings. The Morgan fingerprint density at radius 1 is 1.50 bits per heavy atom. The monoisotopic (exact) mass is 249 g/mol. The first-order valence-corrected chi connectivity index (χ1v) is 6.67. The molecular formula is C14H23N3O. The fraction of sp³-hybridized carbons (Fsp3) is 0.643. The van der Waals surface area contributed by atoms with Crippen molar-refractivity contribution in [1.29, 1.82) is 0 Å². The number of nitrogens with zero attached hydrogens (tertiary/aromatic N) is 1. The second-order valence-corrected chi connectivity index (χ2v) is 5.69. The topological polar surface area (TPSA) is 71.2 Å². The highest BCUT2D eigenvalue weighted by Crippen LogP contribution is 2.31. The van der Waals surface area contributed by atoms with Crippen molar-refractivity contribution in [3.8, 4) is 0 Å². The van der Waals surface area contributed by atoms with Crippen molar-refractivity contribution in [3.63, 3.8) is 0 Å². The van der Waals surface area contributed by atoms with Crippen LogP contribution in [0, 0.1) is 12.8 Å². The number of nitrogen functional groups attached to an aromatic ring is 1. The van der Waals surface area contributed by atoms with Gasteiger partial charge in [0.1, 0.15) is 5.82 Å². The minimum Gasteiger partial charge on any atom is -0.398 e. The predicted molar refractivity (Wildman–Crippen MR) is 74.5 cm³/mol. The molecule has 4 N–H and O–H groups in total. The summed E-state index contributed by atoms with van der Waals surface area (Å²) in [4.78, 5) is 4.27. The van der Waals surface area contributed by atoms with Crippen LogP contribution in [-0.4, -0.2) is 22.2 Å². The van der Waals surface area contributed by atoms with Crippen LogP contribution in [0.25, 0.3) is 0 Å². The van der Waals surface area contributed by atoms with Crippen LogP contribution >= 0.6 is 0 Å². The van der Waals surface area contributed by atoms with Gasteiger partial charge in [-0.3, -0.25) is 0 Å². The molecule has 0 spiro atoms. The highest BCUT2D eigenvalue weighted by molar-refractivity contribution is 5.53. The summed E-state index contributed by atoms with van der Waals surface area (Å²) in [5.74, 6) is 1.48. The Labute approximate surface area is 109 Å². The zero-order valence-electron chi connectivity index (χ0n) is 11.2. The normalized spacial score (nSPS) is 28.1. The zero-order chi connectivity index (χ0) is 13.2. The van der Waals surface area contributed by atoms with Gasteiger partial charge in [0, 0.05) is 24.5 Å². The van der Waals surface area contributed by atoms with Crippen LogP contribution in [0.15, 0.2) is 12.3 Å². The maximum absolute atomic E-state index is 10.5. The van der Waals surface area contributed by atoms with Crippen molar-refractivity contribution in [1.82, 2.24) is 4.98 Å². The van der Waals surface area contributed by atoms with Crippen LogP contribution in [0.3, 0.4) is 0 Å². The summed E-state index contributed by atoms with van der Waals surface area (Å²) in [6.45, 7) is 4.73. The lowest BCUT2D eigenvalue weighted by atomic mass is 9.79. The van der Waals surface area contributed by atoms with Gasteiger partial charge in [-0.15, -0.1) is 0 Å². The second-order valence-electron chi connectivity index (χ2n) is 5.69. The molecule has 1 fully saturated rings. The molecule has 2 rings (SSSR count). The van der Waals surface area contributed by atoms with E-state index in [1.165, 1.54) is 0 Å². The molecule has 0 atom stereocenters. The molecule has 1 aliphatic carbocycles. The SMILES string of the molecule is Cc1cnc(NCC2(O)CCC(C)CC2)cc1N. The first-order chi connectivity index (χ1) is 8.48. The minimum absolute atomic E-state index is 0.551. The number of aliphatic hydroxyl groups is 1. The van der Waals surface area contributed by atoms with Gasteiger partial charge >= 0.3 is 0 Å². The molecule has 0 bridgehead atoms. The highest BCUT2D eigenvalue weighted by Gasteiger charge is 2.31. The van der Waals surface area contributed by atoms with Crippen molar-refractivity contribution in [2.45, 2.75) is 45.1 Å². The Morgan fingerprint density at radius 3 is 2.78 bits per heavy atom. The Kier molecular flexibility index (Phi) is 3.76. The van der Waals surface area contributed by atoms with Gasteiger partial charge < -0.3 is 16.2 Å². The van der Waals surface area contributed by atoms with E-state index < -0.39 is 5.60 Å². The van der Waals surface area contributed by atoms with Crippen molar-refractivity contribution >= 4 is 11.5 Å². The molecule has 1 saturated carbocycles. The van der Waals surface area contributed by atoms with E-state index in [1.807, 2.05) is 13.0 Å². The number of rotatable bonds is 3. The van der Waals surface area contributed by atoms with Crippen LogP contribution in [0.5, 0.6) is 0 Å². The summed E-state index contributed by atoms with van der Waals surface area (Å²) in [6, 6.07) is 1.82. The number of hydrogen-bond donors (Lipinski definition) is 3. The average molecular weight is 249 g/mol. The summed E-state index contributed by atoms with van der Waals surface area (Å²) < 4.78 is 0. The molecule has 0 amide bonds. The molecule has 4 heteroatoms. The Bertz CT molecular complexity index is 412. The van der Waals surface area contributed by atoms with Gasteiger partial charge in [-0.2, -0.15) is 0 Å². The Balaban J connectivity index is 1.92.